The molecule has 0 saturated heterocycles. The van der Waals surface area contributed by atoms with Gasteiger partial charge in [-0.15, -0.1) is 0 Å². The summed E-state index contributed by atoms with van der Waals surface area (Å²) in [7, 11) is 0. The number of carbonyl (C=O) groups is 1. The van der Waals surface area contributed by atoms with Crippen molar-refractivity contribution in [1.82, 2.24) is 0 Å². The maximum Gasteiger partial charge on any atom is 0.460 e. The first-order valence-electron chi connectivity index (χ1n) is 21.4. The zero-order chi connectivity index (χ0) is 50.2. The van der Waals surface area contributed by atoms with Crippen LogP contribution in [0.5, 0.6) is 0 Å². The lowest BCUT2D eigenvalue weighted by Crippen LogP contribution is -2.76. The summed E-state index contributed by atoms with van der Waals surface area (Å²) in [5, 5.41) is 0. The number of allylic oxidation sites excluding steroid dienone is 1. The minimum absolute atomic E-state index is 0.211. The molecule has 0 heterocycles. The van der Waals surface area contributed by atoms with Gasteiger partial charge in [-0.2, -0.15) is 92.2 Å². The fourth-order valence-electron chi connectivity index (χ4n) is 11.4. The molecule has 0 aromatic carbocycles. The van der Waals surface area contributed by atoms with E-state index < -0.39 is 97.2 Å². The van der Waals surface area contributed by atoms with Crippen molar-refractivity contribution in [1.29, 1.82) is 0 Å². The lowest BCUT2D eigenvalue weighted by Gasteiger charge is -2.58. The van der Waals surface area contributed by atoms with Gasteiger partial charge >= 0.3 is 65.4 Å². The second-order valence-electron chi connectivity index (χ2n) is 19.6. The van der Waals surface area contributed by atoms with Gasteiger partial charge < -0.3 is 4.74 Å². The number of unbranched alkanes of at least 4 members (excludes halogenated alkanes) is 1. The van der Waals surface area contributed by atoms with Crippen molar-refractivity contribution in [3.63, 3.8) is 0 Å². The Morgan fingerprint density at radius 3 is 1.63 bits per heavy atom. The molecular weight excluding hydrogens is 935 g/mol. The van der Waals surface area contributed by atoms with Crippen LogP contribution in [0.3, 0.4) is 0 Å². The summed E-state index contributed by atoms with van der Waals surface area (Å²) >= 11 is 0. The average Bonchev–Trinajstić information content (AvgIpc) is 3.52. The highest BCUT2D eigenvalue weighted by Gasteiger charge is 2.97. The Hall–Kier alpha value is -2.26. The van der Waals surface area contributed by atoms with Crippen LogP contribution in [-0.2, 0) is 9.53 Å². The molecule has 4 rings (SSSR count). The Kier molecular flexibility index (Phi) is 15.0. The van der Waals surface area contributed by atoms with Crippen LogP contribution >= 0.6 is 0 Å². The van der Waals surface area contributed by atoms with Crippen LogP contribution < -0.4 is 0 Å². The molecule has 0 amide bonds. The SMILES string of the molecule is CC(C)CCCC(C)C1CCC2C3CC=C4CC(OC(=O)CCCCC(F)(F)C(F)(F)C(F)(F)C(F)(F)C(F)(F)C(F)(F)C(F)(F)C(F)(F)C(F)(F)C(F)(F)F)CCC4(C)C3CCC12C. The number of rotatable bonds is 19. The van der Waals surface area contributed by atoms with Crippen molar-refractivity contribution >= 4 is 5.97 Å². The van der Waals surface area contributed by atoms with E-state index >= 15 is 0 Å². The number of fused-ring (bicyclic) bond motifs is 5. The molecule has 3 saturated carbocycles. The van der Waals surface area contributed by atoms with Gasteiger partial charge in [0.05, 0.1) is 0 Å². The molecule has 0 aromatic heterocycles. The van der Waals surface area contributed by atoms with E-state index in [9.17, 15) is 97.0 Å². The molecule has 4 aliphatic rings. The Morgan fingerprint density at radius 2 is 1.12 bits per heavy atom. The third-order valence-corrected chi connectivity index (χ3v) is 15.3. The van der Waals surface area contributed by atoms with Crippen LogP contribution in [0.4, 0.5) is 92.2 Å². The molecule has 23 heteroatoms. The van der Waals surface area contributed by atoms with Gasteiger partial charge in [0, 0.05) is 19.3 Å². The van der Waals surface area contributed by atoms with Crippen LogP contribution in [0.1, 0.15) is 131 Å². The Balaban J connectivity index is 1.36. The zero-order valence-electron chi connectivity index (χ0n) is 36.0. The third-order valence-electron chi connectivity index (χ3n) is 15.3. The summed E-state index contributed by atoms with van der Waals surface area (Å²) < 4.78 is 293. The van der Waals surface area contributed by atoms with E-state index in [1.165, 1.54) is 25.7 Å². The maximum atomic E-state index is 14.4. The highest BCUT2D eigenvalue weighted by Crippen LogP contribution is 2.69. The van der Waals surface area contributed by atoms with Crippen molar-refractivity contribution in [3.05, 3.63) is 11.6 Å². The minimum atomic E-state index is -9.20. The fraction of sp³-hybridized carbons (Fsp3) is 0.929. The second-order valence-corrected chi connectivity index (χ2v) is 19.6. The molecular formula is C42H53F21O2. The van der Waals surface area contributed by atoms with Crippen LogP contribution in [-0.4, -0.2) is 71.6 Å². The lowest BCUT2D eigenvalue weighted by molar-refractivity contribution is -0.474. The summed E-state index contributed by atoms with van der Waals surface area (Å²) in [5.74, 6) is -75.0. The number of halogens is 21. The number of hydrogen-bond donors (Lipinski definition) is 0. The number of hydrogen-bond acceptors (Lipinski definition) is 2. The number of ether oxygens (including phenoxy) is 1. The predicted molar refractivity (Wildman–Crippen MR) is 192 cm³/mol. The average molecular weight is 989 g/mol. The summed E-state index contributed by atoms with van der Waals surface area (Å²) in [6, 6.07) is 0. The van der Waals surface area contributed by atoms with E-state index in [1.54, 1.807) is 0 Å². The van der Waals surface area contributed by atoms with E-state index in [1.807, 2.05) is 0 Å². The normalized spacial score (nSPS) is 29.5. The topological polar surface area (TPSA) is 26.3 Å². The molecule has 8 unspecified atom stereocenters. The van der Waals surface area contributed by atoms with Crippen molar-refractivity contribution in [3.8, 4) is 0 Å². The van der Waals surface area contributed by atoms with Gasteiger partial charge in [-0.25, -0.2) is 0 Å². The largest absolute Gasteiger partial charge is 0.462 e. The van der Waals surface area contributed by atoms with E-state index in [-0.39, 0.29) is 10.8 Å². The lowest BCUT2D eigenvalue weighted by atomic mass is 9.47. The standard InChI is InChI=1S/C42H53F21O2/c1-22(2)9-8-10-23(3)27-14-15-28-26-13-12-24-21-25(16-19-31(24,4)29(26)17-20-32(27,28)5)65-30(64)11-6-7-18-33(43,44)34(45,46)35(47,48)36(49,50)37(51,52)38(53,54)39(55,56)40(57,58)41(59,60)42(61,62)63/h12,22-23,25-29H,6-11,13-21H2,1-5H3. The number of carbonyl (C=O) groups excluding carboxylic acids is 1. The van der Waals surface area contributed by atoms with Gasteiger partial charge in [0.25, 0.3) is 0 Å². The van der Waals surface area contributed by atoms with Gasteiger partial charge in [-0.1, -0.05) is 65.5 Å². The molecule has 0 radical (unpaired) electrons. The van der Waals surface area contributed by atoms with Crippen molar-refractivity contribution in [2.45, 2.75) is 197 Å². The summed E-state index contributed by atoms with van der Waals surface area (Å²) in [4.78, 5) is 12.6. The van der Waals surface area contributed by atoms with Crippen LogP contribution in [0.2, 0.25) is 0 Å². The first-order chi connectivity index (χ1) is 29.1. The Morgan fingerprint density at radius 1 is 0.615 bits per heavy atom. The second kappa shape index (κ2) is 17.6. The first-order valence-corrected chi connectivity index (χ1v) is 21.4. The van der Waals surface area contributed by atoms with Crippen LogP contribution in [0.25, 0.3) is 0 Å². The maximum absolute atomic E-state index is 14.4. The summed E-state index contributed by atoms with van der Waals surface area (Å²) in [5.41, 5.74) is 1.06. The zero-order valence-corrected chi connectivity index (χ0v) is 36.0. The summed E-state index contributed by atoms with van der Waals surface area (Å²) in [6.07, 6.45) is -2.62. The first kappa shape index (κ1) is 55.3. The smallest absolute Gasteiger partial charge is 0.460 e. The van der Waals surface area contributed by atoms with E-state index in [0.29, 0.717) is 54.8 Å². The third kappa shape index (κ3) is 8.74. The molecule has 65 heavy (non-hydrogen) atoms. The van der Waals surface area contributed by atoms with Gasteiger partial charge in [0.2, 0.25) is 0 Å². The quantitative estimate of drug-likeness (QED) is 0.0558. The fourth-order valence-corrected chi connectivity index (χ4v) is 11.4. The predicted octanol–water partition coefficient (Wildman–Crippen LogP) is 15.8. The van der Waals surface area contributed by atoms with Gasteiger partial charge in [-0.3, -0.25) is 4.79 Å². The molecule has 4 aliphatic carbocycles. The monoisotopic (exact) mass is 988 g/mol. The van der Waals surface area contributed by atoms with Gasteiger partial charge in [0.15, 0.2) is 0 Å². The van der Waals surface area contributed by atoms with Crippen molar-refractivity contribution < 1.29 is 102 Å². The molecule has 0 N–H and O–H groups in total. The Labute approximate surface area is 362 Å². The molecule has 2 nitrogen and oxygen atoms in total. The van der Waals surface area contributed by atoms with Gasteiger partial charge in [-0.05, 0) is 104 Å². The molecule has 0 spiro atoms. The molecule has 8 atom stereocenters. The summed E-state index contributed by atoms with van der Waals surface area (Å²) in [6.45, 7) is 11.4. The highest BCUT2D eigenvalue weighted by molar-refractivity contribution is 5.69. The highest BCUT2D eigenvalue weighted by atomic mass is 19.4. The van der Waals surface area contributed by atoms with E-state index in [2.05, 4.69) is 40.7 Å². The van der Waals surface area contributed by atoms with E-state index in [4.69, 9.17) is 4.74 Å². The van der Waals surface area contributed by atoms with Crippen LogP contribution in [0.15, 0.2) is 11.6 Å². The molecule has 0 aromatic rings. The van der Waals surface area contributed by atoms with Crippen LogP contribution in [0, 0.1) is 46.3 Å². The Bertz CT molecular complexity index is 1720. The minimum Gasteiger partial charge on any atom is -0.462 e. The van der Waals surface area contributed by atoms with E-state index in [0.717, 1.165) is 31.3 Å². The number of esters is 1. The molecule has 0 aliphatic heterocycles. The molecule has 380 valence electrons. The van der Waals surface area contributed by atoms with Gasteiger partial charge in [0.1, 0.15) is 6.10 Å². The molecule has 0 bridgehead atoms. The van der Waals surface area contributed by atoms with Crippen molar-refractivity contribution in [2.24, 2.45) is 46.3 Å². The number of alkyl halides is 21. The molecule has 3 fully saturated rings. The van der Waals surface area contributed by atoms with Crippen molar-refractivity contribution in [2.75, 3.05) is 0 Å².